The quantitative estimate of drug-likeness (QED) is 0.734. The molecule has 0 aliphatic heterocycles. The number of benzene rings is 1. The van der Waals surface area contributed by atoms with E-state index in [4.69, 9.17) is 4.74 Å². The van der Waals surface area contributed by atoms with Gasteiger partial charge in [-0.15, -0.1) is 0 Å². The third-order valence-electron chi connectivity index (χ3n) is 3.41. The Morgan fingerprint density at radius 2 is 1.72 bits per heavy atom. The molecule has 1 aromatic carbocycles. The largest absolute Gasteiger partial charge is 0.466 e. The van der Waals surface area contributed by atoms with Crippen molar-refractivity contribution in [2.75, 3.05) is 6.61 Å². The molecule has 100 valence electrons. The minimum Gasteiger partial charge on any atom is -0.466 e. The van der Waals surface area contributed by atoms with Gasteiger partial charge in [-0.2, -0.15) is 0 Å². The van der Waals surface area contributed by atoms with Crippen LogP contribution in [0.3, 0.4) is 0 Å². The number of rotatable bonds is 5. The lowest BCUT2D eigenvalue weighted by atomic mass is 9.88. The van der Waals surface area contributed by atoms with Gasteiger partial charge in [0.05, 0.1) is 12.5 Å². The topological polar surface area (TPSA) is 26.3 Å². The molecule has 1 rings (SSSR count). The van der Waals surface area contributed by atoms with Crippen molar-refractivity contribution in [3.8, 4) is 0 Å². The number of hydrogen-bond donors (Lipinski definition) is 0. The van der Waals surface area contributed by atoms with Crippen LogP contribution in [-0.2, 0) is 9.53 Å². The zero-order valence-electron chi connectivity index (χ0n) is 12.2. The molecule has 18 heavy (non-hydrogen) atoms. The lowest BCUT2D eigenvalue weighted by Crippen LogP contribution is -2.17. The van der Waals surface area contributed by atoms with E-state index in [0.717, 1.165) is 18.4 Å². The van der Waals surface area contributed by atoms with Gasteiger partial charge in [-0.05, 0) is 56.4 Å². The van der Waals surface area contributed by atoms with E-state index in [1.165, 1.54) is 16.7 Å². The Kier molecular flexibility index (Phi) is 5.39. The van der Waals surface area contributed by atoms with Gasteiger partial charge in [-0.1, -0.05) is 25.5 Å². The van der Waals surface area contributed by atoms with Crippen LogP contribution >= 0.6 is 0 Å². The van der Waals surface area contributed by atoms with E-state index in [2.05, 4.69) is 39.8 Å². The molecule has 1 aromatic rings. The minimum absolute atomic E-state index is 0.0919. The first-order valence-corrected chi connectivity index (χ1v) is 6.75. The van der Waals surface area contributed by atoms with E-state index in [0.29, 0.717) is 6.61 Å². The summed E-state index contributed by atoms with van der Waals surface area (Å²) in [5.74, 6) is -0.208. The zero-order valence-corrected chi connectivity index (χ0v) is 12.2. The molecule has 0 heterocycles. The van der Waals surface area contributed by atoms with Crippen molar-refractivity contribution in [1.29, 1.82) is 0 Å². The van der Waals surface area contributed by atoms with E-state index in [1.54, 1.807) is 0 Å². The highest BCUT2D eigenvalue weighted by molar-refractivity contribution is 5.78. The van der Waals surface area contributed by atoms with Crippen molar-refractivity contribution in [2.45, 2.75) is 53.4 Å². The van der Waals surface area contributed by atoms with Crippen molar-refractivity contribution in [2.24, 2.45) is 0 Å². The smallest absolute Gasteiger partial charge is 0.313 e. The molecule has 2 heteroatoms. The van der Waals surface area contributed by atoms with Crippen molar-refractivity contribution in [3.63, 3.8) is 0 Å². The molecule has 2 nitrogen and oxygen atoms in total. The maximum absolute atomic E-state index is 12.1. The summed E-state index contributed by atoms with van der Waals surface area (Å²) in [6, 6.07) is 4.30. The second-order valence-electron chi connectivity index (χ2n) is 4.89. The van der Waals surface area contributed by atoms with Crippen molar-refractivity contribution >= 4 is 5.97 Å². The maximum Gasteiger partial charge on any atom is 0.313 e. The maximum atomic E-state index is 12.1. The van der Waals surface area contributed by atoms with Crippen LogP contribution in [0.25, 0.3) is 0 Å². The van der Waals surface area contributed by atoms with E-state index >= 15 is 0 Å². The van der Waals surface area contributed by atoms with E-state index in [9.17, 15) is 4.79 Å². The Bertz CT molecular complexity index is 421. The number of hydrogen-bond acceptors (Lipinski definition) is 2. The normalized spacial score (nSPS) is 12.3. The van der Waals surface area contributed by atoms with Gasteiger partial charge in [0, 0.05) is 0 Å². The predicted molar refractivity (Wildman–Crippen MR) is 74.9 cm³/mol. The first-order chi connectivity index (χ1) is 8.51. The fourth-order valence-electron chi connectivity index (χ4n) is 2.29. The monoisotopic (exact) mass is 248 g/mol. The molecule has 0 saturated carbocycles. The summed E-state index contributed by atoms with van der Waals surface area (Å²) in [6.45, 7) is 10.7. The lowest BCUT2D eigenvalue weighted by Gasteiger charge is -2.19. The molecule has 1 unspecified atom stereocenters. The van der Waals surface area contributed by atoms with Gasteiger partial charge in [0.25, 0.3) is 0 Å². The summed E-state index contributed by atoms with van der Waals surface area (Å²) in [5, 5.41) is 0. The fourth-order valence-corrected chi connectivity index (χ4v) is 2.29. The summed E-state index contributed by atoms with van der Waals surface area (Å²) in [7, 11) is 0. The van der Waals surface area contributed by atoms with Crippen LogP contribution in [0.1, 0.15) is 54.9 Å². The molecule has 1 atom stereocenters. The lowest BCUT2D eigenvalue weighted by molar-refractivity contribution is -0.145. The highest BCUT2D eigenvalue weighted by Gasteiger charge is 2.23. The molecular formula is C16H24O2. The van der Waals surface area contributed by atoms with E-state index < -0.39 is 0 Å². The number of carbonyl (C=O) groups excluding carboxylic acids is 1. The number of aryl methyl sites for hydroxylation is 3. The van der Waals surface area contributed by atoms with Crippen molar-refractivity contribution in [1.82, 2.24) is 0 Å². The highest BCUT2D eigenvalue weighted by Crippen LogP contribution is 2.28. The summed E-state index contributed by atoms with van der Waals surface area (Å²) in [6.07, 6.45) is 1.83. The molecule has 0 bridgehead atoms. The van der Waals surface area contributed by atoms with Gasteiger partial charge >= 0.3 is 5.97 Å². The standard InChI is InChI=1S/C16H24O2/c1-6-8-14(16(17)18-7-2)15-10-12(4)11(3)9-13(15)5/h9-10,14H,6-8H2,1-5H3. The average Bonchev–Trinajstić information content (AvgIpc) is 2.31. The molecule has 0 spiro atoms. The predicted octanol–water partition coefficient (Wildman–Crippen LogP) is 4.06. The Morgan fingerprint density at radius 1 is 1.11 bits per heavy atom. The molecule has 0 saturated heterocycles. The summed E-state index contributed by atoms with van der Waals surface area (Å²) < 4.78 is 5.20. The Morgan fingerprint density at radius 3 is 2.28 bits per heavy atom. The number of ether oxygens (including phenoxy) is 1. The minimum atomic E-state index is -0.116. The van der Waals surface area contributed by atoms with Crippen LogP contribution in [0, 0.1) is 20.8 Å². The van der Waals surface area contributed by atoms with Crippen LogP contribution in [-0.4, -0.2) is 12.6 Å². The second-order valence-corrected chi connectivity index (χ2v) is 4.89. The average molecular weight is 248 g/mol. The van der Waals surface area contributed by atoms with Gasteiger partial charge in [0.1, 0.15) is 0 Å². The second kappa shape index (κ2) is 6.58. The summed E-state index contributed by atoms with van der Waals surface area (Å²) in [5.41, 5.74) is 4.82. The third kappa shape index (κ3) is 3.34. The Balaban J connectivity index is 3.12. The Labute approximate surface area is 110 Å². The third-order valence-corrected chi connectivity index (χ3v) is 3.41. The van der Waals surface area contributed by atoms with E-state index in [1.807, 2.05) is 6.92 Å². The van der Waals surface area contributed by atoms with Gasteiger partial charge in [0.15, 0.2) is 0 Å². The first-order valence-electron chi connectivity index (χ1n) is 6.75. The molecule has 0 fully saturated rings. The van der Waals surface area contributed by atoms with Crippen molar-refractivity contribution < 1.29 is 9.53 Å². The number of carbonyl (C=O) groups is 1. The SMILES string of the molecule is CCCC(C(=O)OCC)c1cc(C)c(C)cc1C. The van der Waals surface area contributed by atoms with Gasteiger partial charge in [-0.3, -0.25) is 4.79 Å². The van der Waals surface area contributed by atoms with Gasteiger partial charge in [0.2, 0.25) is 0 Å². The van der Waals surface area contributed by atoms with Crippen LogP contribution in [0.4, 0.5) is 0 Å². The molecule has 0 N–H and O–H groups in total. The summed E-state index contributed by atoms with van der Waals surface area (Å²) >= 11 is 0. The van der Waals surface area contributed by atoms with Crippen LogP contribution < -0.4 is 0 Å². The molecule has 0 aliphatic rings. The van der Waals surface area contributed by atoms with Gasteiger partial charge in [-0.25, -0.2) is 0 Å². The van der Waals surface area contributed by atoms with Crippen LogP contribution in [0.15, 0.2) is 12.1 Å². The summed E-state index contributed by atoms with van der Waals surface area (Å²) in [4.78, 5) is 12.1. The molecule has 0 aromatic heterocycles. The zero-order chi connectivity index (χ0) is 13.7. The highest BCUT2D eigenvalue weighted by atomic mass is 16.5. The van der Waals surface area contributed by atoms with E-state index in [-0.39, 0.29) is 11.9 Å². The Hall–Kier alpha value is -1.31. The molecular weight excluding hydrogens is 224 g/mol. The van der Waals surface area contributed by atoms with Crippen molar-refractivity contribution in [3.05, 3.63) is 34.4 Å². The fraction of sp³-hybridized carbons (Fsp3) is 0.562. The molecule has 0 aliphatic carbocycles. The van der Waals surface area contributed by atoms with Crippen LogP contribution in [0.5, 0.6) is 0 Å². The molecule has 0 radical (unpaired) electrons. The molecule has 0 amide bonds. The number of esters is 1. The first kappa shape index (κ1) is 14.7. The van der Waals surface area contributed by atoms with Gasteiger partial charge < -0.3 is 4.74 Å². The van der Waals surface area contributed by atoms with Crippen LogP contribution in [0.2, 0.25) is 0 Å².